The minimum atomic E-state index is 0.0310. The van der Waals surface area contributed by atoms with Crippen LogP contribution in [0.4, 0.5) is 0 Å². The number of aliphatic hydroxyl groups excluding tert-OH is 2. The third-order valence-corrected chi connectivity index (χ3v) is 5.95. The van der Waals surface area contributed by atoms with E-state index in [-0.39, 0.29) is 19.0 Å². The van der Waals surface area contributed by atoms with Gasteiger partial charge in [0.15, 0.2) is 0 Å². The second-order valence-corrected chi connectivity index (χ2v) is 9.01. The number of allylic oxidation sites excluding steroid dienone is 2. The second-order valence-electron chi connectivity index (χ2n) is 9.01. The van der Waals surface area contributed by atoms with E-state index >= 15 is 0 Å². The highest BCUT2D eigenvalue weighted by Crippen LogP contribution is 2.12. The van der Waals surface area contributed by atoms with Crippen LogP contribution in [0.5, 0.6) is 0 Å². The van der Waals surface area contributed by atoms with E-state index in [4.69, 9.17) is 10.2 Å². The van der Waals surface area contributed by atoms with Gasteiger partial charge in [-0.2, -0.15) is 0 Å². The summed E-state index contributed by atoms with van der Waals surface area (Å²) in [7, 11) is 0. The molecule has 0 amide bonds. The molecule has 0 aliphatic heterocycles. The summed E-state index contributed by atoms with van der Waals surface area (Å²) in [5.41, 5.74) is 0. The van der Waals surface area contributed by atoms with Crippen molar-refractivity contribution in [3.05, 3.63) is 12.2 Å². The Hall–Kier alpha value is -0.710. The van der Waals surface area contributed by atoms with Gasteiger partial charge in [0.25, 0.3) is 0 Å². The Balaban J connectivity index is 3.30. The number of carbonyl (C=O) groups is 1. The highest BCUT2D eigenvalue weighted by molar-refractivity contribution is 5.80. The zero-order valence-corrected chi connectivity index (χ0v) is 20.7. The number of unbranched alkanes of at least 4 members (excludes halogenated alkanes) is 15. The molecule has 0 bridgehead atoms. The van der Waals surface area contributed by atoms with Crippen LogP contribution in [0.25, 0.3) is 0 Å². The van der Waals surface area contributed by atoms with Gasteiger partial charge in [-0.1, -0.05) is 96.1 Å². The Labute approximate surface area is 193 Å². The molecule has 0 unspecified atom stereocenters. The molecular weight excluding hydrogens is 386 g/mol. The normalized spacial score (nSPS) is 11.7. The molecule has 0 aromatic carbocycles. The van der Waals surface area contributed by atoms with Crippen molar-refractivity contribution in [2.45, 2.75) is 122 Å². The molecule has 0 fully saturated rings. The fraction of sp³-hybridized carbons (Fsp3) is 0.889. The largest absolute Gasteiger partial charge is 0.395 e. The first-order valence-electron chi connectivity index (χ1n) is 13.3. The summed E-state index contributed by atoms with van der Waals surface area (Å²) in [6.45, 7) is 3.61. The number of carbonyl (C=O) groups excluding carboxylic acids is 1. The second kappa shape index (κ2) is 25.5. The molecule has 0 aromatic rings. The lowest BCUT2D eigenvalue weighted by molar-refractivity contribution is -0.120. The summed E-state index contributed by atoms with van der Waals surface area (Å²) in [4.78, 5) is 13.8. The molecule has 0 atom stereocenters. The molecule has 0 aromatic heterocycles. The van der Waals surface area contributed by atoms with E-state index in [9.17, 15) is 4.79 Å². The standard InChI is InChI=1S/C27H53NO3/c1-2-3-4-5-6-7-8-9-10-11-12-13-14-15-16-17-18-19-20-21-27(31)26-28(22-24-29)23-25-30/h9-10,29-30H,2-8,11-26H2,1H3. The Bertz CT molecular complexity index is 392. The van der Waals surface area contributed by atoms with Gasteiger partial charge in [0.1, 0.15) is 5.78 Å². The SMILES string of the molecule is CCCCCCCCC=CCCCCCCCCCCCC(=O)CN(CCO)CCO. The lowest BCUT2D eigenvalue weighted by Gasteiger charge is -2.18. The van der Waals surface area contributed by atoms with E-state index in [2.05, 4.69) is 19.1 Å². The Morgan fingerprint density at radius 3 is 1.52 bits per heavy atom. The van der Waals surface area contributed by atoms with Gasteiger partial charge >= 0.3 is 0 Å². The summed E-state index contributed by atoms with van der Waals surface area (Å²) in [5, 5.41) is 18.0. The number of ketones is 1. The molecule has 0 aliphatic rings. The molecular formula is C27H53NO3. The van der Waals surface area contributed by atoms with E-state index in [0.717, 1.165) is 12.8 Å². The first-order valence-corrected chi connectivity index (χ1v) is 13.3. The molecule has 0 aliphatic carbocycles. The van der Waals surface area contributed by atoms with Gasteiger partial charge in [0.2, 0.25) is 0 Å². The minimum Gasteiger partial charge on any atom is -0.395 e. The quantitative estimate of drug-likeness (QED) is 0.127. The summed E-state index contributed by atoms with van der Waals surface area (Å²) in [5.74, 6) is 0.225. The highest BCUT2D eigenvalue weighted by atomic mass is 16.3. The molecule has 0 saturated carbocycles. The average molecular weight is 440 g/mol. The van der Waals surface area contributed by atoms with Crippen molar-refractivity contribution >= 4 is 5.78 Å². The van der Waals surface area contributed by atoms with E-state index in [0.29, 0.717) is 26.1 Å². The molecule has 0 spiro atoms. The maximum Gasteiger partial charge on any atom is 0.146 e. The van der Waals surface area contributed by atoms with Crippen LogP contribution in [0.1, 0.15) is 122 Å². The summed E-state index contributed by atoms with van der Waals surface area (Å²) in [6.07, 6.45) is 27.6. The fourth-order valence-corrected chi connectivity index (χ4v) is 3.98. The number of hydrogen-bond acceptors (Lipinski definition) is 4. The van der Waals surface area contributed by atoms with Gasteiger partial charge in [-0.3, -0.25) is 9.69 Å². The van der Waals surface area contributed by atoms with Crippen LogP contribution < -0.4 is 0 Å². The van der Waals surface area contributed by atoms with Crippen molar-refractivity contribution in [2.75, 3.05) is 32.8 Å². The summed E-state index contributed by atoms with van der Waals surface area (Å²) < 4.78 is 0. The third-order valence-electron chi connectivity index (χ3n) is 5.95. The topological polar surface area (TPSA) is 60.8 Å². The molecule has 0 saturated heterocycles. The van der Waals surface area contributed by atoms with Crippen LogP contribution >= 0.6 is 0 Å². The molecule has 0 rings (SSSR count). The number of nitrogens with zero attached hydrogens (tertiary/aromatic N) is 1. The van der Waals surface area contributed by atoms with Crippen LogP contribution in [0.2, 0.25) is 0 Å². The van der Waals surface area contributed by atoms with Crippen LogP contribution in [-0.4, -0.2) is 53.7 Å². The third kappa shape index (κ3) is 23.8. The predicted molar refractivity (Wildman–Crippen MR) is 134 cm³/mol. The number of Topliss-reactive ketones (excluding diaryl/α,β-unsaturated/α-hetero) is 1. The molecule has 4 nitrogen and oxygen atoms in total. The first-order chi connectivity index (χ1) is 15.2. The van der Waals surface area contributed by atoms with Crippen molar-refractivity contribution in [3.8, 4) is 0 Å². The Kier molecular flexibility index (Phi) is 25.0. The van der Waals surface area contributed by atoms with Crippen molar-refractivity contribution in [2.24, 2.45) is 0 Å². The van der Waals surface area contributed by atoms with Crippen molar-refractivity contribution in [3.63, 3.8) is 0 Å². The van der Waals surface area contributed by atoms with Crippen molar-refractivity contribution in [1.82, 2.24) is 4.90 Å². The smallest absolute Gasteiger partial charge is 0.146 e. The monoisotopic (exact) mass is 439 g/mol. The lowest BCUT2D eigenvalue weighted by atomic mass is 10.0. The van der Waals surface area contributed by atoms with Gasteiger partial charge in [0, 0.05) is 19.5 Å². The van der Waals surface area contributed by atoms with Crippen LogP contribution in [-0.2, 0) is 4.79 Å². The predicted octanol–water partition coefficient (Wildman–Crippen LogP) is 6.44. The maximum absolute atomic E-state index is 12.0. The lowest BCUT2D eigenvalue weighted by Crippen LogP contribution is -2.34. The van der Waals surface area contributed by atoms with Crippen LogP contribution in [0.3, 0.4) is 0 Å². The van der Waals surface area contributed by atoms with Gasteiger partial charge in [0.05, 0.1) is 19.8 Å². The van der Waals surface area contributed by atoms with Gasteiger partial charge in [-0.25, -0.2) is 0 Å². The molecule has 184 valence electrons. The van der Waals surface area contributed by atoms with Gasteiger partial charge in [-0.15, -0.1) is 0 Å². The highest BCUT2D eigenvalue weighted by Gasteiger charge is 2.09. The first kappa shape index (κ1) is 30.3. The van der Waals surface area contributed by atoms with Crippen molar-refractivity contribution in [1.29, 1.82) is 0 Å². The summed E-state index contributed by atoms with van der Waals surface area (Å²) in [6, 6.07) is 0. The van der Waals surface area contributed by atoms with Gasteiger partial charge < -0.3 is 10.2 Å². The maximum atomic E-state index is 12.0. The molecule has 4 heteroatoms. The van der Waals surface area contributed by atoms with E-state index in [1.807, 2.05) is 4.90 Å². The van der Waals surface area contributed by atoms with Crippen LogP contribution in [0, 0.1) is 0 Å². The fourth-order valence-electron chi connectivity index (χ4n) is 3.98. The number of aliphatic hydroxyl groups is 2. The Morgan fingerprint density at radius 2 is 1.06 bits per heavy atom. The molecule has 31 heavy (non-hydrogen) atoms. The van der Waals surface area contributed by atoms with E-state index in [1.54, 1.807) is 0 Å². The van der Waals surface area contributed by atoms with Crippen molar-refractivity contribution < 1.29 is 15.0 Å². The zero-order chi connectivity index (χ0) is 22.8. The minimum absolute atomic E-state index is 0.0310. The Morgan fingerprint density at radius 1 is 0.645 bits per heavy atom. The van der Waals surface area contributed by atoms with Gasteiger partial charge in [-0.05, 0) is 32.1 Å². The summed E-state index contributed by atoms with van der Waals surface area (Å²) >= 11 is 0. The molecule has 2 N–H and O–H groups in total. The molecule has 0 heterocycles. The van der Waals surface area contributed by atoms with E-state index < -0.39 is 0 Å². The zero-order valence-electron chi connectivity index (χ0n) is 20.7. The average Bonchev–Trinajstić information content (AvgIpc) is 2.75. The van der Waals surface area contributed by atoms with Crippen LogP contribution in [0.15, 0.2) is 12.2 Å². The molecule has 0 radical (unpaired) electrons. The number of hydrogen-bond donors (Lipinski definition) is 2. The van der Waals surface area contributed by atoms with E-state index in [1.165, 1.54) is 96.3 Å². The number of rotatable bonds is 25.